The summed E-state index contributed by atoms with van der Waals surface area (Å²) in [5.74, 6) is -0.630. The molecule has 1 atom stereocenters. The molecular weight excluding hydrogens is 495 g/mol. The number of hydrogen-bond donors (Lipinski definition) is 2. The summed E-state index contributed by atoms with van der Waals surface area (Å²) in [6.45, 7) is 13.6. The van der Waals surface area contributed by atoms with Gasteiger partial charge in [-0.05, 0) is 69.0 Å². The van der Waals surface area contributed by atoms with E-state index < -0.39 is 23.8 Å². The Morgan fingerprint density at radius 1 is 1.13 bits per heavy atom. The molecule has 0 fully saturated rings. The molecule has 0 radical (unpaired) electrons. The first-order valence-electron chi connectivity index (χ1n) is 12.1. The first-order chi connectivity index (χ1) is 18.1. The monoisotopic (exact) mass is 531 g/mol. The van der Waals surface area contributed by atoms with Crippen molar-refractivity contribution in [2.24, 2.45) is 0 Å². The first-order valence-corrected chi connectivity index (χ1v) is 12.1. The smallest absolute Gasteiger partial charge is 0.416 e. The van der Waals surface area contributed by atoms with Gasteiger partial charge in [-0.25, -0.2) is 4.79 Å². The number of fused-ring (bicyclic) bond motifs is 1. The molecule has 1 aromatic heterocycles. The number of aliphatic hydroxyl groups is 1. The van der Waals surface area contributed by atoms with Crippen LogP contribution in [-0.4, -0.2) is 26.9 Å². The number of aromatic nitrogens is 1. The molecule has 0 saturated heterocycles. The molecule has 1 heterocycles. The second-order valence-electron chi connectivity index (χ2n) is 8.14. The van der Waals surface area contributed by atoms with Crippen LogP contribution in [0.1, 0.15) is 49.6 Å². The Morgan fingerprint density at radius 2 is 1.79 bits per heavy atom. The van der Waals surface area contributed by atoms with E-state index in [2.05, 4.69) is 13.2 Å². The Kier molecular flexibility index (Phi) is 13.0. The average Bonchev–Trinajstić information content (AvgIpc) is 3.16. The highest BCUT2D eigenvalue weighted by Crippen LogP contribution is 2.35. The highest BCUT2D eigenvalue weighted by molar-refractivity contribution is 5.86. The Morgan fingerprint density at radius 3 is 2.32 bits per heavy atom. The Balaban J connectivity index is 0.00000110. The van der Waals surface area contributed by atoms with Crippen LogP contribution in [0.5, 0.6) is 5.75 Å². The van der Waals surface area contributed by atoms with Crippen LogP contribution in [0, 0.1) is 6.92 Å². The van der Waals surface area contributed by atoms with E-state index >= 15 is 0 Å². The minimum atomic E-state index is -4.43. The maximum absolute atomic E-state index is 13.4. The second kappa shape index (κ2) is 15.3. The number of carbonyl (C=O) groups is 1. The molecule has 0 bridgehead atoms. The summed E-state index contributed by atoms with van der Waals surface area (Å²) in [5.41, 5.74) is 2.50. The largest absolute Gasteiger partial charge is 0.516 e. The van der Waals surface area contributed by atoms with Crippen molar-refractivity contribution < 1.29 is 32.9 Å². The zero-order valence-electron chi connectivity index (χ0n) is 22.3. The van der Waals surface area contributed by atoms with Gasteiger partial charge in [0.25, 0.3) is 0 Å². The normalized spacial score (nSPS) is 12.1. The van der Waals surface area contributed by atoms with Crippen LogP contribution in [-0.2, 0) is 23.9 Å². The van der Waals surface area contributed by atoms with E-state index in [1.807, 2.05) is 36.6 Å². The molecule has 8 heteroatoms. The predicted octanol–water partition coefficient (Wildman–Crippen LogP) is 8.26. The van der Waals surface area contributed by atoms with E-state index in [0.29, 0.717) is 30.7 Å². The van der Waals surface area contributed by atoms with Gasteiger partial charge in [0.1, 0.15) is 5.75 Å². The van der Waals surface area contributed by atoms with Crippen molar-refractivity contribution in [3.63, 3.8) is 0 Å². The standard InChI is InChI=1S/C25H26F3NO3.C3H6O.C2H4/c1-4-6-10-20-16(3)29(22-14-18(25(26,27)28)11-12-21(20)22)15-17-8-7-9-19(13-17)32-23(5-2)24(30)31;1-2-3-4;1-2/h4,6-9,11-14,23H,5,10,15H2,1-3H3,(H,30,31);2-4H,1H3;1-2H2/b6-4-;3-2+;. The number of aliphatic hydroxyl groups excluding tert-OH is 1. The number of allylic oxidation sites excluding steroid dienone is 3. The molecule has 1 unspecified atom stereocenters. The highest BCUT2D eigenvalue weighted by atomic mass is 19.4. The van der Waals surface area contributed by atoms with E-state index in [9.17, 15) is 23.1 Å². The van der Waals surface area contributed by atoms with Crippen molar-refractivity contribution in [1.82, 2.24) is 4.57 Å². The quantitative estimate of drug-likeness (QED) is 0.227. The molecule has 3 rings (SSSR count). The highest BCUT2D eigenvalue weighted by Gasteiger charge is 2.31. The molecule has 206 valence electrons. The van der Waals surface area contributed by atoms with Gasteiger partial charge >= 0.3 is 12.1 Å². The fraction of sp³-hybridized carbons (Fsp3) is 0.300. The summed E-state index contributed by atoms with van der Waals surface area (Å²) in [7, 11) is 0. The molecule has 0 aliphatic carbocycles. The number of alkyl halides is 3. The number of carboxylic acids is 1. The zero-order valence-corrected chi connectivity index (χ0v) is 22.3. The van der Waals surface area contributed by atoms with Crippen LogP contribution in [0.25, 0.3) is 10.9 Å². The number of ether oxygens (including phenoxy) is 1. The van der Waals surface area contributed by atoms with Crippen LogP contribution < -0.4 is 4.74 Å². The molecule has 5 nitrogen and oxygen atoms in total. The van der Waals surface area contributed by atoms with Crippen molar-refractivity contribution in [3.8, 4) is 5.75 Å². The number of rotatable bonds is 8. The maximum Gasteiger partial charge on any atom is 0.416 e. The first kappa shape index (κ1) is 32.1. The van der Waals surface area contributed by atoms with Gasteiger partial charge in [-0.3, -0.25) is 0 Å². The van der Waals surface area contributed by atoms with Gasteiger partial charge in [-0.1, -0.05) is 43.4 Å². The lowest BCUT2D eigenvalue weighted by Gasteiger charge is -2.15. The lowest BCUT2D eigenvalue weighted by Crippen LogP contribution is -2.25. The maximum atomic E-state index is 13.4. The van der Waals surface area contributed by atoms with Gasteiger partial charge in [0, 0.05) is 23.1 Å². The van der Waals surface area contributed by atoms with Crippen molar-refractivity contribution in [2.75, 3.05) is 0 Å². The van der Waals surface area contributed by atoms with Crippen molar-refractivity contribution in [2.45, 2.75) is 59.4 Å². The third-order valence-electron chi connectivity index (χ3n) is 5.65. The second-order valence-corrected chi connectivity index (χ2v) is 8.14. The molecule has 0 spiro atoms. The van der Waals surface area contributed by atoms with Crippen molar-refractivity contribution in [3.05, 3.63) is 102 Å². The molecule has 2 aromatic carbocycles. The summed E-state index contributed by atoms with van der Waals surface area (Å²) >= 11 is 0. The van der Waals surface area contributed by atoms with Gasteiger partial charge in [0.15, 0.2) is 6.10 Å². The van der Waals surface area contributed by atoms with E-state index in [4.69, 9.17) is 9.84 Å². The average molecular weight is 532 g/mol. The summed E-state index contributed by atoms with van der Waals surface area (Å²) in [4.78, 5) is 11.3. The Labute approximate surface area is 222 Å². The fourth-order valence-corrected chi connectivity index (χ4v) is 3.79. The number of carboxylic acid groups (broad SMARTS) is 1. The molecule has 0 aliphatic heterocycles. The van der Waals surface area contributed by atoms with E-state index in [0.717, 1.165) is 34.5 Å². The zero-order chi connectivity index (χ0) is 28.9. The topological polar surface area (TPSA) is 71.7 Å². The predicted molar refractivity (Wildman–Crippen MR) is 147 cm³/mol. The Hall–Kier alpha value is -3.94. The summed E-state index contributed by atoms with van der Waals surface area (Å²) < 4.78 is 47.6. The van der Waals surface area contributed by atoms with Gasteiger partial charge in [-0.15, -0.1) is 13.2 Å². The lowest BCUT2D eigenvalue weighted by atomic mass is 10.1. The van der Waals surface area contributed by atoms with Gasteiger partial charge < -0.3 is 19.5 Å². The molecular formula is C30H36F3NO4. The molecule has 3 aromatic rings. The van der Waals surface area contributed by atoms with E-state index in [1.165, 1.54) is 6.07 Å². The summed E-state index contributed by atoms with van der Waals surface area (Å²) in [6.07, 6.45) is 2.00. The molecule has 0 saturated carbocycles. The molecule has 38 heavy (non-hydrogen) atoms. The van der Waals surface area contributed by atoms with E-state index in [1.54, 1.807) is 44.2 Å². The van der Waals surface area contributed by atoms with Crippen LogP contribution in [0.3, 0.4) is 0 Å². The van der Waals surface area contributed by atoms with Gasteiger partial charge in [0.2, 0.25) is 0 Å². The number of nitrogens with zero attached hydrogens (tertiary/aromatic N) is 1. The number of hydrogen-bond acceptors (Lipinski definition) is 3. The number of halogens is 3. The van der Waals surface area contributed by atoms with Gasteiger partial charge in [0.05, 0.1) is 11.8 Å². The Bertz CT molecular complexity index is 1240. The third-order valence-corrected chi connectivity index (χ3v) is 5.65. The van der Waals surface area contributed by atoms with Crippen LogP contribution in [0.15, 0.2) is 80.1 Å². The molecule has 0 amide bonds. The lowest BCUT2D eigenvalue weighted by molar-refractivity contribution is -0.145. The minimum absolute atomic E-state index is 0.315. The summed E-state index contributed by atoms with van der Waals surface area (Å²) in [6, 6.07) is 10.9. The van der Waals surface area contributed by atoms with Gasteiger partial charge in [-0.2, -0.15) is 13.2 Å². The van der Waals surface area contributed by atoms with Crippen LogP contribution >= 0.6 is 0 Å². The summed E-state index contributed by atoms with van der Waals surface area (Å²) in [5, 5.41) is 17.7. The number of benzene rings is 2. The van der Waals surface area contributed by atoms with Crippen LogP contribution in [0.4, 0.5) is 13.2 Å². The fourth-order valence-electron chi connectivity index (χ4n) is 3.79. The van der Waals surface area contributed by atoms with Crippen molar-refractivity contribution >= 4 is 16.9 Å². The third kappa shape index (κ3) is 8.57. The molecule has 2 N–H and O–H groups in total. The number of aliphatic carboxylic acids is 1. The SMILES string of the molecule is C/C=C/O.C/C=C\Cc1c(C)n(Cc2cccc(OC(CC)C(=O)O)c2)c2cc(C(F)(F)F)ccc12.C=C. The minimum Gasteiger partial charge on any atom is -0.516 e. The molecule has 0 aliphatic rings. The van der Waals surface area contributed by atoms with E-state index in [-0.39, 0.29) is 0 Å². The van der Waals surface area contributed by atoms with Crippen LogP contribution in [0.2, 0.25) is 0 Å². The van der Waals surface area contributed by atoms with Crippen molar-refractivity contribution in [1.29, 1.82) is 0 Å².